The van der Waals surface area contributed by atoms with Gasteiger partial charge in [0.05, 0.1) is 0 Å². The molecule has 0 aliphatic heterocycles. The molecule has 2 unspecified atom stereocenters. The summed E-state index contributed by atoms with van der Waals surface area (Å²) in [6.07, 6.45) is 0.285. The molecule has 0 heterocycles. The lowest BCUT2D eigenvalue weighted by Gasteiger charge is -2.28. The Labute approximate surface area is 111 Å². The minimum atomic E-state index is -0.439. The molecule has 0 bridgehead atoms. The van der Waals surface area contributed by atoms with Crippen molar-refractivity contribution in [2.45, 2.75) is 39.5 Å². The highest BCUT2D eigenvalue weighted by Crippen LogP contribution is 2.15. The molecular formula is C15H26N2O. The summed E-state index contributed by atoms with van der Waals surface area (Å²) in [5.74, 6) is 0. The van der Waals surface area contributed by atoms with E-state index in [4.69, 9.17) is 0 Å². The third kappa shape index (κ3) is 4.77. The van der Waals surface area contributed by atoms with Crippen LogP contribution in [0.15, 0.2) is 30.3 Å². The van der Waals surface area contributed by atoms with E-state index in [1.807, 2.05) is 25.1 Å². The zero-order valence-electron chi connectivity index (χ0n) is 11.8. The number of nitrogens with one attached hydrogen (secondary N) is 1. The van der Waals surface area contributed by atoms with E-state index in [-0.39, 0.29) is 6.04 Å². The summed E-state index contributed by atoms with van der Waals surface area (Å²) in [5.41, 5.74) is 1.23. The topological polar surface area (TPSA) is 35.5 Å². The van der Waals surface area contributed by atoms with Gasteiger partial charge in [0.2, 0.25) is 0 Å². The molecule has 1 aromatic rings. The molecule has 3 heteroatoms. The highest BCUT2D eigenvalue weighted by atomic mass is 16.3. The number of nitrogens with zero attached hydrogens (tertiary/aromatic N) is 1. The van der Waals surface area contributed by atoms with E-state index in [2.05, 4.69) is 36.2 Å². The predicted octanol–water partition coefficient (Wildman–Crippen LogP) is 2.39. The van der Waals surface area contributed by atoms with Gasteiger partial charge in [0.25, 0.3) is 0 Å². The van der Waals surface area contributed by atoms with Gasteiger partial charge in [-0.25, -0.2) is 0 Å². The molecule has 0 spiro atoms. The Morgan fingerprint density at radius 3 is 2.22 bits per heavy atom. The first-order valence-corrected chi connectivity index (χ1v) is 6.92. The van der Waals surface area contributed by atoms with Crippen molar-refractivity contribution in [3.8, 4) is 0 Å². The van der Waals surface area contributed by atoms with Crippen molar-refractivity contribution in [3.05, 3.63) is 35.9 Å². The van der Waals surface area contributed by atoms with Crippen LogP contribution >= 0.6 is 0 Å². The van der Waals surface area contributed by atoms with Crippen LogP contribution in [0, 0.1) is 0 Å². The molecule has 0 fully saturated rings. The van der Waals surface area contributed by atoms with Crippen LogP contribution < -0.4 is 5.32 Å². The quantitative estimate of drug-likeness (QED) is 0.695. The maximum absolute atomic E-state index is 9.82. The normalized spacial score (nSPS) is 14.7. The van der Waals surface area contributed by atoms with Crippen LogP contribution in [0.2, 0.25) is 0 Å². The van der Waals surface area contributed by atoms with Crippen LogP contribution in [0.5, 0.6) is 0 Å². The lowest BCUT2D eigenvalue weighted by atomic mass is 10.1. The summed E-state index contributed by atoms with van der Waals surface area (Å²) in [5, 5.41) is 13.1. The summed E-state index contributed by atoms with van der Waals surface area (Å²) in [6.45, 7) is 9.31. The molecule has 18 heavy (non-hydrogen) atoms. The molecular weight excluding hydrogens is 224 g/mol. The average Bonchev–Trinajstić information content (AvgIpc) is 2.44. The molecule has 2 N–H and O–H groups in total. The average molecular weight is 250 g/mol. The largest absolute Gasteiger partial charge is 0.379 e. The van der Waals surface area contributed by atoms with Crippen molar-refractivity contribution in [2.75, 3.05) is 19.6 Å². The Hall–Kier alpha value is -0.900. The zero-order chi connectivity index (χ0) is 13.4. The maximum Gasteiger partial charge on any atom is 0.105 e. The Kier molecular flexibility index (Phi) is 6.94. The third-order valence-corrected chi connectivity index (χ3v) is 3.32. The summed E-state index contributed by atoms with van der Waals surface area (Å²) < 4.78 is 0. The molecule has 102 valence electrons. The number of aliphatic hydroxyl groups excluding tert-OH is 1. The smallest absolute Gasteiger partial charge is 0.105 e. The Morgan fingerprint density at radius 2 is 1.72 bits per heavy atom. The van der Waals surface area contributed by atoms with Gasteiger partial charge in [-0.05, 0) is 25.1 Å². The van der Waals surface area contributed by atoms with Gasteiger partial charge in [-0.3, -0.25) is 5.32 Å². The fraction of sp³-hybridized carbons (Fsp3) is 0.600. The fourth-order valence-corrected chi connectivity index (χ4v) is 2.03. The Bertz CT molecular complexity index is 312. The number of benzene rings is 1. The van der Waals surface area contributed by atoms with Crippen molar-refractivity contribution in [3.63, 3.8) is 0 Å². The molecule has 0 amide bonds. The third-order valence-electron chi connectivity index (χ3n) is 3.32. The summed E-state index contributed by atoms with van der Waals surface area (Å²) in [7, 11) is 0. The van der Waals surface area contributed by atoms with E-state index >= 15 is 0 Å². The predicted molar refractivity (Wildman–Crippen MR) is 76.4 cm³/mol. The van der Waals surface area contributed by atoms with Crippen molar-refractivity contribution in [1.29, 1.82) is 0 Å². The van der Waals surface area contributed by atoms with Crippen molar-refractivity contribution in [1.82, 2.24) is 10.2 Å². The minimum Gasteiger partial charge on any atom is -0.379 e. The van der Waals surface area contributed by atoms with Gasteiger partial charge < -0.3 is 10.0 Å². The van der Waals surface area contributed by atoms with Crippen LogP contribution in [-0.4, -0.2) is 35.9 Å². The Balaban J connectivity index is 2.75. The monoisotopic (exact) mass is 250 g/mol. The van der Waals surface area contributed by atoms with E-state index in [0.29, 0.717) is 0 Å². The van der Waals surface area contributed by atoms with E-state index in [1.165, 1.54) is 5.56 Å². The van der Waals surface area contributed by atoms with Gasteiger partial charge in [0, 0.05) is 12.6 Å². The first-order chi connectivity index (χ1) is 8.71. The molecule has 0 aliphatic rings. The van der Waals surface area contributed by atoms with Crippen LogP contribution in [0.25, 0.3) is 0 Å². The first kappa shape index (κ1) is 15.2. The highest BCUT2D eigenvalue weighted by molar-refractivity contribution is 5.19. The van der Waals surface area contributed by atoms with Crippen LogP contribution in [0.4, 0.5) is 0 Å². The van der Waals surface area contributed by atoms with Crippen molar-refractivity contribution < 1.29 is 5.11 Å². The molecule has 3 nitrogen and oxygen atoms in total. The first-order valence-electron chi connectivity index (χ1n) is 6.92. The standard InChI is InChI=1S/C15H26N2O/c1-4-15(18)16-14(12-17(5-2)6-3)13-10-8-7-9-11-13/h7-11,14-16,18H,4-6,12H2,1-3H3. The second-order valence-electron chi connectivity index (χ2n) is 4.54. The minimum absolute atomic E-state index is 0.182. The maximum atomic E-state index is 9.82. The highest BCUT2D eigenvalue weighted by Gasteiger charge is 2.16. The molecule has 2 atom stereocenters. The van der Waals surface area contributed by atoms with E-state index in [0.717, 1.165) is 26.1 Å². The fourth-order valence-electron chi connectivity index (χ4n) is 2.03. The number of aliphatic hydroxyl groups is 1. The molecule has 0 aromatic heterocycles. The van der Waals surface area contributed by atoms with E-state index < -0.39 is 6.23 Å². The number of hydrogen-bond donors (Lipinski definition) is 2. The van der Waals surface area contributed by atoms with E-state index in [9.17, 15) is 5.11 Å². The number of rotatable bonds is 8. The molecule has 1 aromatic carbocycles. The van der Waals surface area contributed by atoms with Gasteiger partial charge in [-0.2, -0.15) is 0 Å². The van der Waals surface area contributed by atoms with Gasteiger partial charge in [0.15, 0.2) is 0 Å². The van der Waals surface area contributed by atoms with Gasteiger partial charge in [0.1, 0.15) is 6.23 Å². The lowest BCUT2D eigenvalue weighted by molar-refractivity contribution is 0.107. The Morgan fingerprint density at radius 1 is 1.11 bits per heavy atom. The summed E-state index contributed by atoms with van der Waals surface area (Å²) >= 11 is 0. The number of likely N-dealkylation sites (N-methyl/N-ethyl adjacent to an activating group) is 1. The molecule has 1 rings (SSSR count). The molecule has 0 saturated carbocycles. The second kappa shape index (κ2) is 8.25. The summed E-state index contributed by atoms with van der Waals surface area (Å²) in [6, 6.07) is 10.5. The van der Waals surface area contributed by atoms with Crippen LogP contribution in [0.1, 0.15) is 38.8 Å². The second-order valence-corrected chi connectivity index (χ2v) is 4.54. The van der Waals surface area contributed by atoms with Crippen molar-refractivity contribution in [2.24, 2.45) is 0 Å². The summed E-state index contributed by atoms with van der Waals surface area (Å²) in [4.78, 5) is 2.37. The molecule has 0 radical (unpaired) electrons. The zero-order valence-corrected chi connectivity index (χ0v) is 11.8. The lowest BCUT2D eigenvalue weighted by Crippen LogP contribution is -2.39. The van der Waals surface area contributed by atoms with Gasteiger partial charge >= 0.3 is 0 Å². The van der Waals surface area contributed by atoms with Crippen molar-refractivity contribution >= 4 is 0 Å². The number of hydrogen-bond acceptors (Lipinski definition) is 3. The SMILES string of the molecule is CCC(O)NC(CN(CC)CC)c1ccccc1. The van der Waals surface area contributed by atoms with Gasteiger partial charge in [-0.1, -0.05) is 51.1 Å². The molecule has 0 saturated heterocycles. The van der Waals surface area contributed by atoms with Crippen LogP contribution in [-0.2, 0) is 0 Å². The molecule has 0 aliphatic carbocycles. The van der Waals surface area contributed by atoms with E-state index in [1.54, 1.807) is 0 Å². The van der Waals surface area contributed by atoms with Gasteiger partial charge in [-0.15, -0.1) is 0 Å². The van der Waals surface area contributed by atoms with Crippen LogP contribution in [0.3, 0.4) is 0 Å².